The van der Waals surface area contributed by atoms with Gasteiger partial charge in [0.15, 0.2) is 0 Å². The molecule has 0 saturated heterocycles. The average molecular weight is 461 g/mol. The number of hydrogen-bond donors (Lipinski definition) is 0. The predicted molar refractivity (Wildman–Crippen MR) is 149 cm³/mol. The van der Waals surface area contributed by atoms with Crippen molar-refractivity contribution in [1.82, 2.24) is 0 Å². The molecule has 0 aliphatic heterocycles. The fraction of sp³-hybridized carbons (Fsp3) is 0.176. The quantitative estimate of drug-likeness (QED) is 0.172. The van der Waals surface area contributed by atoms with Crippen molar-refractivity contribution in [2.45, 2.75) is 39.0 Å². The van der Waals surface area contributed by atoms with Gasteiger partial charge in [-0.25, -0.2) is 4.39 Å². The van der Waals surface area contributed by atoms with E-state index in [0.29, 0.717) is 11.5 Å². The van der Waals surface area contributed by atoms with Crippen LogP contribution < -0.4 is 0 Å². The largest absolute Gasteiger partial charge is 0.206 e. The first kappa shape index (κ1) is 24.4. The van der Waals surface area contributed by atoms with Gasteiger partial charge < -0.3 is 0 Å². The lowest BCUT2D eigenvalue weighted by Crippen LogP contribution is -1.98. The molecule has 0 aliphatic rings. The van der Waals surface area contributed by atoms with Gasteiger partial charge in [0.2, 0.25) is 0 Å². The highest BCUT2D eigenvalue weighted by Crippen LogP contribution is 2.25. The van der Waals surface area contributed by atoms with Gasteiger partial charge in [-0.05, 0) is 71.6 Å². The second-order valence-electron chi connectivity index (χ2n) is 9.13. The van der Waals surface area contributed by atoms with E-state index < -0.39 is 0 Å². The van der Waals surface area contributed by atoms with E-state index in [-0.39, 0.29) is 5.82 Å². The maximum atomic E-state index is 14.5. The number of aryl methyl sites for hydroxylation is 1. The van der Waals surface area contributed by atoms with E-state index in [1.165, 1.54) is 22.3 Å². The standard InChI is InChI=1S/C34H33F/c1-3-4-6-9-28-17-23-33(34(35)25-28)22-14-27-12-18-31(19-13-27)32-20-15-29(16-21-32)24-26(2)30-10-7-5-8-11-30/h3-5,7-8,10-23,25-26H,6,9,24H2,1-2H3/t26-/m0/s1. The lowest BCUT2D eigenvalue weighted by molar-refractivity contribution is 0.622. The lowest BCUT2D eigenvalue weighted by Gasteiger charge is -2.12. The molecule has 0 fully saturated rings. The molecule has 0 heterocycles. The first-order chi connectivity index (χ1) is 17.1. The Kier molecular flexibility index (Phi) is 8.46. The average Bonchev–Trinajstić information content (AvgIpc) is 2.90. The molecule has 0 spiro atoms. The summed E-state index contributed by atoms with van der Waals surface area (Å²) < 4.78 is 14.5. The Hall–Kier alpha value is -3.71. The normalized spacial score (nSPS) is 12.4. The van der Waals surface area contributed by atoms with Gasteiger partial charge >= 0.3 is 0 Å². The minimum atomic E-state index is -0.169. The van der Waals surface area contributed by atoms with Gasteiger partial charge in [0.1, 0.15) is 5.82 Å². The molecule has 1 heteroatoms. The van der Waals surface area contributed by atoms with Crippen molar-refractivity contribution < 1.29 is 4.39 Å². The van der Waals surface area contributed by atoms with Crippen molar-refractivity contribution in [3.8, 4) is 11.1 Å². The smallest absolute Gasteiger partial charge is 0.130 e. The highest BCUT2D eigenvalue weighted by molar-refractivity contribution is 5.72. The van der Waals surface area contributed by atoms with E-state index in [0.717, 1.165) is 30.4 Å². The Balaban J connectivity index is 1.37. The molecule has 1 atom stereocenters. The third-order valence-corrected chi connectivity index (χ3v) is 6.46. The summed E-state index contributed by atoms with van der Waals surface area (Å²) in [5.41, 5.74) is 7.81. The van der Waals surface area contributed by atoms with Crippen LogP contribution in [0, 0.1) is 5.82 Å². The van der Waals surface area contributed by atoms with Crippen LogP contribution in [0.1, 0.15) is 54.0 Å². The first-order valence-corrected chi connectivity index (χ1v) is 12.4. The summed E-state index contributed by atoms with van der Waals surface area (Å²) >= 11 is 0. The van der Waals surface area contributed by atoms with Gasteiger partial charge in [0.25, 0.3) is 0 Å². The molecule has 4 aromatic rings. The Labute approximate surface area is 209 Å². The third-order valence-electron chi connectivity index (χ3n) is 6.46. The summed E-state index contributed by atoms with van der Waals surface area (Å²) in [5.74, 6) is 0.324. The second kappa shape index (κ2) is 12.1. The van der Waals surface area contributed by atoms with Gasteiger partial charge in [-0.15, -0.1) is 0 Å². The number of rotatable bonds is 9. The predicted octanol–water partition coefficient (Wildman–Crippen LogP) is 9.52. The Bertz CT molecular complexity index is 1260. The lowest BCUT2D eigenvalue weighted by atomic mass is 9.93. The molecule has 0 aromatic heterocycles. The molecule has 0 saturated carbocycles. The van der Waals surface area contributed by atoms with Crippen molar-refractivity contribution in [3.05, 3.63) is 143 Å². The van der Waals surface area contributed by atoms with E-state index in [2.05, 4.69) is 91.9 Å². The fourth-order valence-corrected chi connectivity index (χ4v) is 4.34. The highest BCUT2D eigenvalue weighted by Gasteiger charge is 2.07. The third kappa shape index (κ3) is 6.90. The molecular formula is C34H33F. The summed E-state index contributed by atoms with van der Waals surface area (Å²) in [4.78, 5) is 0. The molecule has 0 unspecified atom stereocenters. The minimum absolute atomic E-state index is 0.169. The molecule has 0 aliphatic carbocycles. The van der Waals surface area contributed by atoms with E-state index in [9.17, 15) is 4.39 Å². The van der Waals surface area contributed by atoms with Crippen LogP contribution in [-0.2, 0) is 12.8 Å². The van der Waals surface area contributed by atoms with E-state index in [1.807, 2.05) is 37.3 Å². The summed E-state index contributed by atoms with van der Waals surface area (Å²) in [6.45, 7) is 4.28. The molecule has 0 bridgehead atoms. The molecule has 4 aromatic carbocycles. The molecular weight excluding hydrogens is 427 g/mol. The Morgan fingerprint density at radius 3 is 2.06 bits per heavy atom. The van der Waals surface area contributed by atoms with Gasteiger partial charge in [-0.3, -0.25) is 0 Å². The summed E-state index contributed by atoms with van der Waals surface area (Å²) in [6, 6.07) is 33.5. The van der Waals surface area contributed by atoms with Crippen molar-refractivity contribution in [3.63, 3.8) is 0 Å². The zero-order valence-electron chi connectivity index (χ0n) is 20.6. The number of allylic oxidation sites excluding steroid dienone is 2. The molecule has 176 valence electrons. The van der Waals surface area contributed by atoms with Crippen LogP contribution in [0.4, 0.5) is 4.39 Å². The maximum Gasteiger partial charge on any atom is 0.130 e. The van der Waals surface area contributed by atoms with Crippen LogP contribution in [0.15, 0.2) is 109 Å². The van der Waals surface area contributed by atoms with E-state index >= 15 is 0 Å². The van der Waals surface area contributed by atoms with Gasteiger partial charge in [-0.2, -0.15) is 0 Å². The minimum Gasteiger partial charge on any atom is -0.206 e. The topological polar surface area (TPSA) is 0 Å². The molecule has 0 N–H and O–H groups in total. The van der Waals surface area contributed by atoms with Crippen LogP contribution >= 0.6 is 0 Å². The van der Waals surface area contributed by atoms with E-state index in [4.69, 9.17) is 0 Å². The van der Waals surface area contributed by atoms with Crippen LogP contribution in [0.25, 0.3) is 23.3 Å². The van der Waals surface area contributed by atoms with Crippen molar-refractivity contribution in [2.24, 2.45) is 0 Å². The van der Waals surface area contributed by atoms with Crippen molar-refractivity contribution in [2.75, 3.05) is 0 Å². The first-order valence-electron chi connectivity index (χ1n) is 12.4. The Morgan fingerprint density at radius 1 is 0.743 bits per heavy atom. The molecule has 35 heavy (non-hydrogen) atoms. The SMILES string of the molecule is CC=CCCc1ccc(C=Cc2ccc(-c3ccc(C[C@H](C)c4ccccc4)cc3)cc2)c(F)c1. The van der Waals surface area contributed by atoms with Gasteiger partial charge in [-0.1, -0.05) is 122 Å². The number of benzene rings is 4. The molecule has 0 nitrogen and oxygen atoms in total. The summed E-state index contributed by atoms with van der Waals surface area (Å²) in [7, 11) is 0. The number of hydrogen-bond acceptors (Lipinski definition) is 0. The number of halogens is 1. The monoisotopic (exact) mass is 460 g/mol. The molecule has 0 radical (unpaired) electrons. The molecule has 4 rings (SSSR count). The van der Waals surface area contributed by atoms with Gasteiger partial charge in [0.05, 0.1) is 0 Å². The highest BCUT2D eigenvalue weighted by atomic mass is 19.1. The van der Waals surface area contributed by atoms with E-state index in [1.54, 1.807) is 6.07 Å². The zero-order chi connectivity index (χ0) is 24.5. The van der Waals surface area contributed by atoms with Crippen molar-refractivity contribution >= 4 is 12.2 Å². The molecule has 0 amide bonds. The van der Waals surface area contributed by atoms with Gasteiger partial charge in [0, 0.05) is 5.56 Å². The van der Waals surface area contributed by atoms with Crippen LogP contribution in [0.5, 0.6) is 0 Å². The van der Waals surface area contributed by atoms with Crippen molar-refractivity contribution in [1.29, 1.82) is 0 Å². The summed E-state index contributed by atoms with van der Waals surface area (Å²) in [5, 5.41) is 0. The maximum absolute atomic E-state index is 14.5. The fourth-order valence-electron chi connectivity index (χ4n) is 4.34. The summed E-state index contributed by atoms with van der Waals surface area (Å²) in [6.07, 6.45) is 10.8. The van der Waals surface area contributed by atoms with Crippen LogP contribution in [0.3, 0.4) is 0 Å². The van der Waals surface area contributed by atoms with Crippen LogP contribution in [0.2, 0.25) is 0 Å². The zero-order valence-corrected chi connectivity index (χ0v) is 20.6. The Morgan fingerprint density at radius 2 is 1.40 bits per heavy atom. The van der Waals surface area contributed by atoms with Crippen LogP contribution in [-0.4, -0.2) is 0 Å². The second-order valence-corrected chi connectivity index (χ2v) is 9.13.